The Morgan fingerprint density at radius 3 is 3.08 bits per heavy atom. The van der Waals surface area contributed by atoms with E-state index < -0.39 is 0 Å². The van der Waals surface area contributed by atoms with Crippen LogP contribution in [0.2, 0.25) is 0 Å². The molecule has 1 aliphatic heterocycles. The number of ether oxygens (including phenoxy) is 1. The largest absolute Gasteiger partial charge is 0.355 e. The second-order valence-electron chi connectivity index (χ2n) is 3.29. The predicted octanol–water partition coefficient (Wildman–Crippen LogP) is 0.941. The van der Waals surface area contributed by atoms with Crippen LogP contribution in [0.25, 0.3) is 0 Å². The molecule has 0 aromatic carbocycles. The van der Waals surface area contributed by atoms with Crippen molar-refractivity contribution >= 4 is 0 Å². The van der Waals surface area contributed by atoms with Crippen LogP contribution in [-0.4, -0.2) is 15.7 Å². The van der Waals surface area contributed by atoms with E-state index in [4.69, 9.17) is 4.74 Å². The fourth-order valence-electron chi connectivity index (χ4n) is 1.57. The minimum Gasteiger partial charge on any atom is -0.355 e. The zero-order chi connectivity index (χ0) is 9.26. The van der Waals surface area contributed by atoms with Crippen LogP contribution in [0.1, 0.15) is 26.0 Å². The number of rotatable bonds is 1. The molecule has 2 heterocycles. The molecule has 0 saturated carbocycles. The average molecular weight is 180 g/mol. The van der Waals surface area contributed by atoms with Crippen molar-refractivity contribution in [2.45, 2.75) is 32.1 Å². The molecule has 4 heteroatoms. The van der Waals surface area contributed by atoms with Gasteiger partial charge in [-0.25, -0.2) is 9.78 Å². The lowest BCUT2D eigenvalue weighted by Crippen LogP contribution is -2.25. The zero-order valence-electron chi connectivity index (χ0n) is 7.51. The third-order valence-corrected chi connectivity index (χ3v) is 2.26. The van der Waals surface area contributed by atoms with Gasteiger partial charge in [0.25, 0.3) is 0 Å². The Hall–Kier alpha value is -1.16. The van der Waals surface area contributed by atoms with E-state index in [0.717, 1.165) is 12.8 Å². The molecule has 2 rings (SSSR count). The van der Waals surface area contributed by atoms with E-state index in [1.165, 1.54) is 6.20 Å². The molecule has 1 fully saturated rings. The van der Waals surface area contributed by atoms with Gasteiger partial charge in [-0.15, -0.1) is 0 Å². The van der Waals surface area contributed by atoms with Crippen LogP contribution in [0.4, 0.5) is 0 Å². The summed E-state index contributed by atoms with van der Waals surface area (Å²) in [6, 6.07) is 1.74. The zero-order valence-corrected chi connectivity index (χ0v) is 7.51. The van der Waals surface area contributed by atoms with Crippen molar-refractivity contribution in [3.8, 4) is 0 Å². The molecule has 1 aromatic heterocycles. The quantitative estimate of drug-likeness (QED) is 0.646. The summed E-state index contributed by atoms with van der Waals surface area (Å²) in [6.07, 6.45) is 5.25. The molecule has 1 saturated heterocycles. The lowest BCUT2D eigenvalue weighted by atomic mass is 10.2. The van der Waals surface area contributed by atoms with Gasteiger partial charge in [0.15, 0.2) is 0 Å². The lowest BCUT2D eigenvalue weighted by Gasteiger charge is -2.12. The Bertz CT molecular complexity index is 347. The summed E-state index contributed by atoms with van der Waals surface area (Å²) in [4.78, 5) is 15.0. The van der Waals surface area contributed by atoms with Gasteiger partial charge in [-0.2, -0.15) is 0 Å². The Kier molecular flexibility index (Phi) is 2.14. The van der Waals surface area contributed by atoms with E-state index in [1.54, 1.807) is 16.8 Å². The van der Waals surface area contributed by atoms with Gasteiger partial charge < -0.3 is 4.74 Å². The fraction of sp³-hybridized carbons (Fsp3) is 0.556. The standard InChI is InChI=1S/C9H12N2O2/c1-7-3-4-8(13-7)11-6-2-5-10-9(11)12/h2,5-8H,3-4H2,1H3. The first-order valence-corrected chi connectivity index (χ1v) is 4.46. The Morgan fingerprint density at radius 1 is 1.62 bits per heavy atom. The van der Waals surface area contributed by atoms with Gasteiger partial charge in [-0.1, -0.05) is 0 Å². The normalized spacial score (nSPS) is 27.8. The highest BCUT2D eigenvalue weighted by molar-refractivity contribution is 4.84. The molecular formula is C9H12N2O2. The molecule has 2 unspecified atom stereocenters. The second-order valence-corrected chi connectivity index (χ2v) is 3.29. The monoisotopic (exact) mass is 180 g/mol. The summed E-state index contributed by atoms with van der Waals surface area (Å²) >= 11 is 0. The van der Waals surface area contributed by atoms with Crippen molar-refractivity contribution in [3.05, 3.63) is 28.9 Å². The van der Waals surface area contributed by atoms with Crippen molar-refractivity contribution in [3.63, 3.8) is 0 Å². The summed E-state index contributed by atoms with van der Waals surface area (Å²) in [5.41, 5.74) is -0.235. The summed E-state index contributed by atoms with van der Waals surface area (Å²) < 4.78 is 7.10. The molecule has 0 N–H and O–H groups in total. The van der Waals surface area contributed by atoms with Crippen molar-refractivity contribution in [1.29, 1.82) is 0 Å². The van der Waals surface area contributed by atoms with Gasteiger partial charge in [0.1, 0.15) is 6.23 Å². The van der Waals surface area contributed by atoms with Crippen LogP contribution < -0.4 is 5.69 Å². The number of aromatic nitrogens is 2. The summed E-state index contributed by atoms with van der Waals surface area (Å²) in [5, 5.41) is 0. The van der Waals surface area contributed by atoms with Gasteiger partial charge in [-0.3, -0.25) is 4.57 Å². The molecule has 0 spiro atoms. The second kappa shape index (κ2) is 3.30. The molecule has 0 aliphatic carbocycles. The van der Waals surface area contributed by atoms with Crippen LogP contribution in [0.15, 0.2) is 23.3 Å². The highest BCUT2D eigenvalue weighted by atomic mass is 16.5. The molecule has 1 aliphatic rings. The van der Waals surface area contributed by atoms with Gasteiger partial charge in [0.2, 0.25) is 0 Å². The minimum absolute atomic E-state index is 0.115. The van der Waals surface area contributed by atoms with E-state index in [1.807, 2.05) is 6.92 Å². The Labute approximate surface area is 76.2 Å². The maximum Gasteiger partial charge on any atom is 0.349 e. The summed E-state index contributed by atoms with van der Waals surface area (Å²) in [5.74, 6) is 0. The predicted molar refractivity (Wildman–Crippen MR) is 47.3 cm³/mol. The minimum atomic E-state index is -0.235. The van der Waals surface area contributed by atoms with Gasteiger partial charge >= 0.3 is 5.69 Å². The van der Waals surface area contributed by atoms with Gasteiger partial charge in [0, 0.05) is 12.4 Å². The molecule has 0 radical (unpaired) electrons. The molecule has 1 aromatic rings. The smallest absolute Gasteiger partial charge is 0.349 e. The van der Waals surface area contributed by atoms with Crippen molar-refractivity contribution in [2.75, 3.05) is 0 Å². The maximum absolute atomic E-state index is 11.3. The van der Waals surface area contributed by atoms with Crippen molar-refractivity contribution < 1.29 is 4.74 Å². The van der Waals surface area contributed by atoms with Crippen LogP contribution in [0.3, 0.4) is 0 Å². The Balaban J connectivity index is 2.26. The fourth-order valence-corrected chi connectivity index (χ4v) is 1.57. The van der Waals surface area contributed by atoms with Crippen molar-refractivity contribution in [1.82, 2.24) is 9.55 Å². The molecule has 0 amide bonds. The van der Waals surface area contributed by atoms with Crippen LogP contribution in [-0.2, 0) is 4.74 Å². The van der Waals surface area contributed by atoms with Crippen LogP contribution >= 0.6 is 0 Å². The number of hydrogen-bond acceptors (Lipinski definition) is 3. The third-order valence-electron chi connectivity index (χ3n) is 2.26. The topological polar surface area (TPSA) is 44.1 Å². The molecule has 13 heavy (non-hydrogen) atoms. The van der Waals surface area contributed by atoms with Gasteiger partial charge in [0.05, 0.1) is 6.10 Å². The van der Waals surface area contributed by atoms with E-state index in [0.29, 0.717) is 0 Å². The first kappa shape index (κ1) is 8.44. The van der Waals surface area contributed by atoms with Crippen LogP contribution in [0, 0.1) is 0 Å². The highest BCUT2D eigenvalue weighted by Crippen LogP contribution is 2.25. The van der Waals surface area contributed by atoms with Gasteiger partial charge in [-0.05, 0) is 25.8 Å². The van der Waals surface area contributed by atoms with E-state index in [9.17, 15) is 4.79 Å². The maximum atomic E-state index is 11.3. The molecule has 0 bridgehead atoms. The summed E-state index contributed by atoms with van der Waals surface area (Å²) in [7, 11) is 0. The van der Waals surface area contributed by atoms with E-state index >= 15 is 0 Å². The molecule has 2 atom stereocenters. The first-order valence-electron chi connectivity index (χ1n) is 4.46. The third kappa shape index (κ3) is 1.62. The van der Waals surface area contributed by atoms with Crippen LogP contribution in [0.5, 0.6) is 0 Å². The highest BCUT2D eigenvalue weighted by Gasteiger charge is 2.23. The lowest BCUT2D eigenvalue weighted by molar-refractivity contribution is 0.00799. The van der Waals surface area contributed by atoms with E-state index in [2.05, 4.69) is 4.98 Å². The van der Waals surface area contributed by atoms with E-state index in [-0.39, 0.29) is 18.0 Å². The number of nitrogens with zero attached hydrogens (tertiary/aromatic N) is 2. The first-order chi connectivity index (χ1) is 6.27. The molecule has 4 nitrogen and oxygen atoms in total. The summed E-state index contributed by atoms with van der Waals surface area (Å²) in [6.45, 7) is 2.02. The van der Waals surface area contributed by atoms with Crippen molar-refractivity contribution in [2.24, 2.45) is 0 Å². The Morgan fingerprint density at radius 2 is 2.46 bits per heavy atom. The number of hydrogen-bond donors (Lipinski definition) is 0. The SMILES string of the molecule is CC1CCC(n2cccnc2=O)O1. The molecule has 70 valence electrons. The average Bonchev–Trinajstić information content (AvgIpc) is 2.53. The molecular weight excluding hydrogens is 168 g/mol.